The number of sulfonamides is 1. The molecule has 164 valence electrons. The Balaban J connectivity index is 1.79. The zero-order valence-corrected chi connectivity index (χ0v) is 19.7. The second kappa shape index (κ2) is 9.64. The number of benzene rings is 2. The number of nitrogens with zero attached hydrogens (tertiary/aromatic N) is 1. The van der Waals surface area contributed by atoms with Gasteiger partial charge in [-0.1, -0.05) is 24.3 Å². The maximum absolute atomic E-state index is 12.9. The van der Waals surface area contributed by atoms with Gasteiger partial charge in [0.05, 0.1) is 10.9 Å². The van der Waals surface area contributed by atoms with E-state index in [-0.39, 0.29) is 16.8 Å². The summed E-state index contributed by atoms with van der Waals surface area (Å²) in [5.41, 5.74) is 2.49. The Hall–Kier alpha value is -2.68. The van der Waals surface area contributed by atoms with E-state index in [1.807, 2.05) is 49.5 Å². The van der Waals surface area contributed by atoms with E-state index in [2.05, 4.69) is 10.0 Å². The van der Waals surface area contributed by atoms with Gasteiger partial charge >= 0.3 is 0 Å². The lowest BCUT2D eigenvalue weighted by molar-refractivity contribution is 0.0941. The zero-order valence-electron chi connectivity index (χ0n) is 18.0. The summed E-state index contributed by atoms with van der Waals surface area (Å²) in [6, 6.07) is 15.8. The topological polar surface area (TPSA) is 78.5 Å². The minimum Gasteiger partial charge on any atom is -0.350 e. The second-order valence-electron chi connectivity index (χ2n) is 7.66. The highest BCUT2D eigenvalue weighted by molar-refractivity contribution is 7.92. The van der Waals surface area contributed by atoms with Gasteiger partial charge in [0.25, 0.3) is 15.9 Å². The first-order valence-corrected chi connectivity index (χ1v) is 12.2. The molecular weight excluding hydrogens is 430 g/mol. The number of hydrogen-bond acceptors (Lipinski definition) is 5. The molecule has 1 heterocycles. The van der Waals surface area contributed by atoms with Gasteiger partial charge in [0, 0.05) is 22.7 Å². The summed E-state index contributed by atoms with van der Waals surface area (Å²) in [6.45, 7) is 4.11. The van der Waals surface area contributed by atoms with Gasteiger partial charge in [-0.25, -0.2) is 8.42 Å². The number of amides is 1. The van der Waals surface area contributed by atoms with Crippen LogP contribution in [-0.2, 0) is 10.0 Å². The van der Waals surface area contributed by atoms with Crippen LogP contribution in [0.1, 0.15) is 32.4 Å². The lowest BCUT2D eigenvalue weighted by Gasteiger charge is -2.23. The smallest absolute Gasteiger partial charge is 0.261 e. The highest BCUT2D eigenvalue weighted by atomic mass is 32.2. The normalized spacial score (nSPS) is 12.5. The quantitative estimate of drug-likeness (QED) is 0.531. The summed E-state index contributed by atoms with van der Waals surface area (Å²) < 4.78 is 28.3. The van der Waals surface area contributed by atoms with Gasteiger partial charge in [-0.15, -0.1) is 11.3 Å². The van der Waals surface area contributed by atoms with Crippen LogP contribution in [-0.4, -0.2) is 39.9 Å². The molecule has 8 heteroatoms. The second-order valence-corrected chi connectivity index (χ2v) is 10.3. The molecule has 1 atom stereocenters. The van der Waals surface area contributed by atoms with E-state index in [1.54, 1.807) is 42.5 Å². The first-order valence-electron chi connectivity index (χ1n) is 9.85. The number of hydrogen-bond donors (Lipinski definition) is 2. The molecule has 0 radical (unpaired) electrons. The van der Waals surface area contributed by atoms with E-state index in [1.165, 1.54) is 12.1 Å². The van der Waals surface area contributed by atoms with Crippen LogP contribution in [0.2, 0.25) is 0 Å². The molecule has 6 nitrogen and oxygen atoms in total. The summed E-state index contributed by atoms with van der Waals surface area (Å²) >= 11 is 1.64. The maximum atomic E-state index is 12.9. The molecule has 31 heavy (non-hydrogen) atoms. The van der Waals surface area contributed by atoms with E-state index in [0.29, 0.717) is 23.4 Å². The van der Waals surface area contributed by atoms with Crippen molar-refractivity contribution in [2.24, 2.45) is 0 Å². The van der Waals surface area contributed by atoms with Gasteiger partial charge in [0.1, 0.15) is 0 Å². The van der Waals surface area contributed by atoms with Crippen LogP contribution in [0.5, 0.6) is 0 Å². The number of thiophene rings is 1. The van der Waals surface area contributed by atoms with E-state index in [9.17, 15) is 13.2 Å². The maximum Gasteiger partial charge on any atom is 0.261 e. The van der Waals surface area contributed by atoms with Gasteiger partial charge < -0.3 is 10.2 Å². The fourth-order valence-electron chi connectivity index (χ4n) is 3.24. The van der Waals surface area contributed by atoms with Crippen LogP contribution in [0.3, 0.4) is 0 Å². The van der Waals surface area contributed by atoms with Crippen molar-refractivity contribution < 1.29 is 13.2 Å². The molecule has 0 aliphatic rings. The lowest BCUT2D eigenvalue weighted by atomic mass is 10.1. The van der Waals surface area contributed by atoms with Gasteiger partial charge in [-0.05, 0) is 74.8 Å². The molecule has 3 aromatic rings. The highest BCUT2D eigenvalue weighted by Crippen LogP contribution is 2.23. The number of nitrogens with one attached hydrogen (secondary N) is 2. The van der Waals surface area contributed by atoms with Crippen molar-refractivity contribution in [3.05, 3.63) is 81.5 Å². The fraction of sp³-hybridized carbons (Fsp3) is 0.261. The molecule has 0 aliphatic carbocycles. The minimum absolute atomic E-state index is 0.0409. The molecule has 1 aromatic heterocycles. The standard InChI is InChI=1S/C23H27N3O3S2/c1-16-7-5-8-18(13-16)25-31(28,29)19-11-10-17(2)20(14-19)23(27)24-15-21(26(3)4)22-9-6-12-30-22/h5-14,21,25H,15H2,1-4H3,(H,24,27)/t21-/m0/s1. The molecule has 1 amide bonds. The molecule has 0 spiro atoms. The van der Waals surface area contributed by atoms with E-state index in [4.69, 9.17) is 0 Å². The predicted molar refractivity (Wildman–Crippen MR) is 126 cm³/mol. The molecule has 2 aromatic carbocycles. The van der Waals surface area contributed by atoms with Crippen LogP contribution < -0.4 is 10.0 Å². The minimum atomic E-state index is -3.82. The Morgan fingerprint density at radius 1 is 1.06 bits per heavy atom. The van der Waals surface area contributed by atoms with Crippen LogP contribution in [0, 0.1) is 13.8 Å². The number of rotatable bonds is 8. The predicted octanol–water partition coefficient (Wildman–Crippen LogP) is 4.20. The van der Waals surface area contributed by atoms with Crippen molar-refractivity contribution in [2.45, 2.75) is 24.8 Å². The number of anilines is 1. The molecule has 0 saturated carbocycles. The third-order valence-electron chi connectivity index (χ3n) is 4.99. The van der Waals surface area contributed by atoms with Gasteiger partial charge in [0.15, 0.2) is 0 Å². The SMILES string of the molecule is Cc1cccc(NS(=O)(=O)c2ccc(C)c(C(=O)NC[C@@H](c3cccs3)N(C)C)c2)c1. The summed E-state index contributed by atoms with van der Waals surface area (Å²) in [5.74, 6) is -0.298. The van der Waals surface area contributed by atoms with Crippen molar-refractivity contribution in [2.75, 3.05) is 25.4 Å². The van der Waals surface area contributed by atoms with Gasteiger partial charge in [0.2, 0.25) is 0 Å². The summed E-state index contributed by atoms with van der Waals surface area (Å²) in [6.07, 6.45) is 0. The Labute approximate surface area is 188 Å². The van der Waals surface area contributed by atoms with Gasteiger partial charge in [-0.3, -0.25) is 9.52 Å². The summed E-state index contributed by atoms with van der Waals surface area (Å²) in [4.78, 5) is 16.2. The molecule has 2 N–H and O–H groups in total. The Bertz CT molecular complexity index is 1160. The number of carbonyl (C=O) groups is 1. The summed E-state index contributed by atoms with van der Waals surface area (Å²) in [5, 5.41) is 4.96. The average molecular weight is 458 g/mol. The third-order valence-corrected chi connectivity index (χ3v) is 7.34. The van der Waals surface area contributed by atoms with E-state index >= 15 is 0 Å². The van der Waals surface area contributed by atoms with E-state index in [0.717, 1.165) is 10.4 Å². The van der Waals surface area contributed by atoms with Crippen LogP contribution in [0.4, 0.5) is 5.69 Å². The first-order chi connectivity index (χ1) is 14.7. The highest BCUT2D eigenvalue weighted by Gasteiger charge is 2.20. The fourth-order valence-corrected chi connectivity index (χ4v) is 5.24. The van der Waals surface area contributed by atoms with Crippen LogP contribution in [0.25, 0.3) is 0 Å². The third kappa shape index (κ3) is 5.72. The largest absolute Gasteiger partial charge is 0.350 e. The van der Waals surface area contributed by atoms with Crippen molar-refractivity contribution in [3.63, 3.8) is 0 Å². The Morgan fingerprint density at radius 3 is 2.48 bits per heavy atom. The Morgan fingerprint density at radius 2 is 1.84 bits per heavy atom. The lowest BCUT2D eigenvalue weighted by Crippen LogP contribution is -2.34. The number of likely N-dealkylation sites (N-methyl/N-ethyl adjacent to an activating group) is 1. The van der Waals surface area contributed by atoms with E-state index < -0.39 is 10.0 Å². The van der Waals surface area contributed by atoms with Crippen LogP contribution in [0.15, 0.2) is 64.9 Å². The molecule has 0 aliphatic heterocycles. The van der Waals surface area contributed by atoms with Crippen molar-refractivity contribution >= 4 is 33.0 Å². The zero-order chi connectivity index (χ0) is 22.6. The average Bonchev–Trinajstić information content (AvgIpc) is 3.22. The molecule has 3 rings (SSSR count). The van der Waals surface area contributed by atoms with Crippen LogP contribution >= 0.6 is 11.3 Å². The van der Waals surface area contributed by atoms with Gasteiger partial charge in [-0.2, -0.15) is 0 Å². The first kappa shape index (κ1) is 23.0. The van der Waals surface area contributed by atoms with Crippen molar-refractivity contribution in [1.82, 2.24) is 10.2 Å². The monoisotopic (exact) mass is 457 g/mol. The molecule has 0 saturated heterocycles. The molecule has 0 fully saturated rings. The summed E-state index contributed by atoms with van der Waals surface area (Å²) in [7, 11) is 0.109. The number of carbonyl (C=O) groups excluding carboxylic acids is 1. The Kier molecular flexibility index (Phi) is 7.15. The number of aryl methyl sites for hydroxylation is 2. The molecular formula is C23H27N3O3S2. The molecule has 0 unspecified atom stereocenters. The van der Waals surface area contributed by atoms with Crippen molar-refractivity contribution in [1.29, 1.82) is 0 Å². The molecule has 0 bridgehead atoms. The van der Waals surface area contributed by atoms with Crippen molar-refractivity contribution in [3.8, 4) is 0 Å².